The zero-order valence-corrected chi connectivity index (χ0v) is 15.5. The molecule has 144 valence electrons. The maximum atomic E-state index is 13.0. The lowest BCUT2D eigenvalue weighted by atomic mass is 9.73. The average Bonchev–Trinajstić information content (AvgIpc) is 3.30. The summed E-state index contributed by atoms with van der Waals surface area (Å²) in [6.45, 7) is 5.78. The fourth-order valence-corrected chi connectivity index (χ4v) is 4.46. The molecule has 0 bridgehead atoms. The highest BCUT2D eigenvalue weighted by molar-refractivity contribution is 5.94. The normalized spacial score (nSPS) is 25.6. The first-order chi connectivity index (χ1) is 13.1. The Labute approximate surface area is 158 Å². The monoisotopic (exact) mass is 371 g/mol. The number of aliphatic hydroxyl groups excluding tert-OH is 1. The number of amides is 1. The van der Waals surface area contributed by atoms with Crippen LogP contribution >= 0.6 is 0 Å². The molecule has 0 aliphatic carbocycles. The molecular formula is C19H25N5O3. The molecule has 4 heterocycles. The van der Waals surface area contributed by atoms with Crippen LogP contribution in [-0.4, -0.2) is 75.3 Å². The molecule has 8 heteroatoms. The summed E-state index contributed by atoms with van der Waals surface area (Å²) in [5.41, 5.74) is 0.248. The van der Waals surface area contributed by atoms with Crippen LogP contribution in [-0.2, 0) is 5.41 Å². The molecule has 4 rings (SSSR count). The number of aliphatic hydroxyl groups is 1. The van der Waals surface area contributed by atoms with Gasteiger partial charge in [0.25, 0.3) is 5.91 Å². The number of hydrogen-bond acceptors (Lipinski definition) is 7. The Morgan fingerprint density at radius 2 is 2.33 bits per heavy atom. The van der Waals surface area contributed by atoms with Gasteiger partial charge in [-0.2, -0.15) is 4.98 Å². The summed E-state index contributed by atoms with van der Waals surface area (Å²) in [5, 5.41) is 13.2. The molecule has 8 nitrogen and oxygen atoms in total. The van der Waals surface area contributed by atoms with Gasteiger partial charge in [-0.05, 0) is 44.4 Å². The van der Waals surface area contributed by atoms with Crippen molar-refractivity contribution in [3.05, 3.63) is 41.8 Å². The minimum absolute atomic E-state index is 0.00461. The highest BCUT2D eigenvalue weighted by Crippen LogP contribution is 2.44. The van der Waals surface area contributed by atoms with Crippen molar-refractivity contribution in [2.75, 3.05) is 39.3 Å². The number of aromatic nitrogens is 3. The molecule has 2 fully saturated rings. The molecule has 0 unspecified atom stereocenters. The van der Waals surface area contributed by atoms with Crippen molar-refractivity contribution in [3.63, 3.8) is 0 Å². The van der Waals surface area contributed by atoms with Crippen molar-refractivity contribution in [3.8, 4) is 0 Å². The Bertz CT molecular complexity index is 796. The molecule has 2 atom stereocenters. The Morgan fingerprint density at radius 3 is 3.04 bits per heavy atom. The van der Waals surface area contributed by atoms with E-state index < -0.39 is 0 Å². The van der Waals surface area contributed by atoms with E-state index in [1.807, 2.05) is 11.8 Å². The summed E-state index contributed by atoms with van der Waals surface area (Å²) in [5.74, 6) is 1.51. The van der Waals surface area contributed by atoms with Gasteiger partial charge < -0.3 is 19.4 Å². The van der Waals surface area contributed by atoms with Crippen LogP contribution in [0.15, 0.2) is 29.0 Å². The molecule has 1 amide bonds. The number of piperidine rings is 1. The van der Waals surface area contributed by atoms with Gasteiger partial charge in [0.2, 0.25) is 5.89 Å². The van der Waals surface area contributed by atoms with Crippen LogP contribution in [0.1, 0.15) is 34.9 Å². The molecule has 0 spiro atoms. The fraction of sp³-hybridized carbons (Fsp3) is 0.579. The highest BCUT2D eigenvalue weighted by Gasteiger charge is 2.55. The van der Waals surface area contributed by atoms with Crippen LogP contribution in [0.5, 0.6) is 0 Å². The number of nitrogens with zero attached hydrogens (tertiary/aromatic N) is 5. The predicted molar refractivity (Wildman–Crippen MR) is 97.1 cm³/mol. The minimum Gasteiger partial charge on any atom is -0.396 e. The standard InChI is InChI=1S/C19H25N5O3/c1-14-21-18(27-22-14)19-12-23(7-3-9-25)8-5-16(19)11-24(13-19)17(26)15-4-2-6-20-10-15/h2,4,6,10,16,25H,3,5,7-9,11-13H2,1H3/t16-,19-/m0/s1. The molecule has 0 aromatic carbocycles. The zero-order chi connectivity index (χ0) is 18.9. The average molecular weight is 371 g/mol. The van der Waals surface area contributed by atoms with E-state index in [-0.39, 0.29) is 23.8 Å². The van der Waals surface area contributed by atoms with Crippen LogP contribution in [0.25, 0.3) is 0 Å². The number of fused-ring (bicyclic) bond motifs is 1. The van der Waals surface area contributed by atoms with Gasteiger partial charge in [0.1, 0.15) is 0 Å². The lowest BCUT2D eigenvalue weighted by molar-refractivity contribution is 0.0757. The largest absolute Gasteiger partial charge is 0.396 e. The van der Waals surface area contributed by atoms with E-state index in [0.717, 1.165) is 32.5 Å². The summed E-state index contributed by atoms with van der Waals surface area (Å²) >= 11 is 0. The third-order valence-corrected chi connectivity index (χ3v) is 5.78. The fourth-order valence-electron chi connectivity index (χ4n) is 4.46. The Kier molecular flexibility index (Phi) is 4.92. The van der Waals surface area contributed by atoms with Gasteiger partial charge in [0.15, 0.2) is 5.82 Å². The topological polar surface area (TPSA) is 95.6 Å². The van der Waals surface area contributed by atoms with Crippen LogP contribution in [0.2, 0.25) is 0 Å². The summed E-state index contributed by atoms with van der Waals surface area (Å²) in [6, 6.07) is 3.58. The van der Waals surface area contributed by atoms with Gasteiger partial charge in [-0.3, -0.25) is 9.78 Å². The first-order valence-corrected chi connectivity index (χ1v) is 9.46. The second kappa shape index (κ2) is 7.36. The van der Waals surface area contributed by atoms with Crippen molar-refractivity contribution in [1.82, 2.24) is 24.9 Å². The minimum atomic E-state index is -0.354. The number of carbonyl (C=O) groups excluding carboxylic acids is 1. The van der Waals surface area contributed by atoms with Crippen molar-refractivity contribution in [2.45, 2.75) is 25.2 Å². The smallest absolute Gasteiger partial charge is 0.255 e. The number of pyridine rings is 1. The van der Waals surface area contributed by atoms with Crippen LogP contribution in [0.3, 0.4) is 0 Å². The molecular weight excluding hydrogens is 346 g/mol. The second-order valence-corrected chi connectivity index (χ2v) is 7.57. The Morgan fingerprint density at radius 1 is 1.44 bits per heavy atom. The van der Waals surface area contributed by atoms with Gasteiger partial charge in [0, 0.05) is 45.2 Å². The summed E-state index contributed by atoms with van der Waals surface area (Å²) < 4.78 is 5.61. The van der Waals surface area contributed by atoms with Crippen molar-refractivity contribution < 1.29 is 14.4 Å². The third kappa shape index (κ3) is 3.35. The molecule has 2 saturated heterocycles. The Hall–Kier alpha value is -2.32. The van der Waals surface area contributed by atoms with E-state index >= 15 is 0 Å². The number of rotatable bonds is 5. The zero-order valence-electron chi connectivity index (χ0n) is 15.5. The Balaban J connectivity index is 1.62. The summed E-state index contributed by atoms with van der Waals surface area (Å²) in [4.78, 5) is 25.8. The SMILES string of the molecule is Cc1noc([C@]23CN(CCCO)CC[C@H]2CN(C(=O)c2cccnc2)C3)n1. The maximum absolute atomic E-state index is 13.0. The number of likely N-dealkylation sites (tertiary alicyclic amines) is 2. The van der Waals surface area contributed by atoms with Crippen LogP contribution < -0.4 is 0 Å². The van der Waals surface area contributed by atoms with Crippen molar-refractivity contribution >= 4 is 5.91 Å². The molecule has 1 N–H and O–H groups in total. The van der Waals surface area contributed by atoms with Crippen LogP contribution in [0.4, 0.5) is 0 Å². The maximum Gasteiger partial charge on any atom is 0.255 e. The first kappa shape index (κ1) is 18.1. The summed E-state index contributed by atoms with van der Waals surface area (Å²) in [7, 11) is 0. The van der Waals surface area contributed by atoms with Crippen molar-refractivity contribution in [1.29, 1.82) is 0 Å². The lowest BCUT2D eigenvalue weighted by Gasteiger charge is -2.41. The molecule has 2 aromatic rings. The van der Waals surface area contributed by atoms with Gasteiger partial charge in [-0.15, -0.1) is 0 Å². The van der Waals surface area contributed by atoms with Gasteiger partial charge >= 0.3 is 0 Å². The van der Waals surface area contributed by atoms with E-state index in [4.69, 9.17) is 4.52 Å². The summed E-state index contributed by atoms with van der Waals surface area (Å²) in [6.07, 6.45) is 4.98. The number of hydrogen-bond donors (Lipinski definition) is 1. The molecule has 2 aliphatic heterocycles. The molecule has 2 aromatic heterocycles. The number of carbonyl (C=O) groups is 1. The molecule has 0 radical (unpaired) electrons. The van der Waals surface area contributed by atoms with E-state index in [0.29, 0.717) is 30.4 Å². The van der Waals surface area contributed by atoms with Crippen molar-refractivity contribution in [2.24, 2.45) is 5.92 Å². The molecule has 2 aliphatic rings. The van der Waals surface area contributed by atoms with Gasteiger partial charge in [-0.25, -0.2) is 0 Å². The third-order valence-electron chi connectivity index (χ3n) is 5.78. The van der Waals surface area contributed by atoms with E-state index in [2.05, 4.69) is 20.0 Å². The van der Waals surface area contributed by atoms with Gasteiger partial charge in [-0.1, -0.05) is 5.16 Å². The first-order valence-electron chi connectivity index (χ1n) is 9.46. The van der Waals surface area contributed by atoms with E-state index in [1.54, 1.807) is 24.5 Å². The van der Waals surface area contributed by atoms with E-state index in [9.17, 15) is 9.90 Å². The number of aryl methyl sites for hydroxylation is 1. The van der Waals surface area contributed by atoms with Gasteiger partial charge in [0.05, 0.1) is 11.0 Å². The second-order valence-electron chi connectivity index (χ2n) is 7.57. The molecule has 0 saturated carbocycles. The quantitative estimate of drug-likeness (QED) is 0.833. The lowest BCUT2D eigenvalue weighted by Crippen LogP contribution is -2.52. The van der Waals surface area contributed by atoms with E-state index in [1.165, 1.54) is 0 Å². The van der Waals surface area contributed by atoms with Crippen LogP contribution in [0, 0.1) is 12.8 Å². The predicted octanol–water partition coefficient (Wildman–Crippen LogP) is 0.871. The highest BCUT2D eigenvalue weighted by atomic mass is 16.5. The molecule has 27 heavy (non-hydrogen) atoms.